The third-order valence-electron chi connectivity index (χ3n) is 9.24. The van der Waals surface area contributed by atoms with Crippen LogP contribution < -0.4 is 10.9 Å². The van der Waals surface area contributed by atoms with Gasteiger partial charge in [-0.2, -0.15) is 0 Å². The average Bonchev–Trinajstić information content (AvgIpc) is 3.88. The number of carbonyl (C=O) groups is 1. The first-order valence-electron chi connectivity index (χ1n) is 14.1. The standard InChI is InChI=1S/C29H34ClN5O4/c30-24-15-22-25(35(24)21-5-1-19(2-6-21)23-16-39-14-11-31-23)32-18-34(26(22)36)17-28(38)9-12-33(13-10-28)27(37)29(7-8-29)20-3-4-20/h1-2,5-6,15,18,20,23,31,38H,3-4,7-14,16-17H2/t23-/m1/s1. The Bertz CT molecular complexity index is 1460. The molecule has 2 aliphatic carbocycles. The molecule has 4 fully saturated rings. The van der Waals surface area contributed by atoms with E-state index in [9.17, 15) is 14.7 Å². The van der Waals surface area contributed by atoms with Crippen LogP contribution in [0.5, 0.6) is 0 Å². The maximum atomic E-state index is 13.4. The van der Waals surface area contributed by atoms with E-state index in [0.717, 1.165) is 37.2 Å². The molecule has 0 radical (unpaired) electrons. The van der Waals surface area contributed by atoms with E-state index < -0.39 is 5.60 Å². The van der Waals surface area contributed by atoms with Crippen LogP contribution in [-0.2, 0) is 16.1 Å². The van der Waals surface area contributed by atoms with Crippen molar-refractivity contribution in [3.05, 3.63) is 57.7 Å². The molecule has 3 aromatic rings. The smallest absolute Gasteiger partial charge is 0.262 e. The van der Waals surface area contributed by atoms with E-state index in [4.69, 9.17) is 16.3 Å². The van der Waals surface area contributed by atoms with Crippen LogP contribution in [-0.4, -0.2) is 68.5 Å². The van der Waals surface area contributed by atoms with Gasteiger partial charge in [-0.3, -0.25) is 18.7 Å². The molecule has 0 spiro atoms. The lowest BCUT2D eigenvalue weighted by Gasteiger charge is -2.39. The van der Waals surface area contributed by atoms with Gasteiger partial charge >= 0.3 is 0 Å². The molecule has 10 heteroatoms. The zero-order chi connectivity index (χ0) is 26.8. The summed E-state index contributed by atoms with van der Waals surface area (Å²) >= 11 is 6.60. The van der Waals surface area contributed by atoms with Crippen LogP contribution in [0.1, 0.15) is 50.1 Å². The van der Waals surface area contributed by atoms with Gasteiger partial charge in [0.05, 0.1) is 42.2 Å². The van der Waals surface area contributed by atoms with Crippen molar-refractivity contribution in [2.75, 3.05) is 32.8 Å². The number of halogens is 1. The number of amides is 1. The summed E-state index contributed by atoms with van der Waals surface area (Å²) in [5.41, 5.74) is 1.02. The Labute approximate surface area is 231 Å². The highest BCUT2D eigenvalue weighted by Gasteiger charge is 2.60. The number of hydrogen-bond donors (Lipinski definition) is 2. The van der Waals surface area contributed by atoms with Crippen molar-refractivity contribution in [1.82, 2.24) is 24.3 Å². The number of carbonyl (C=O) groups excluding carboxylic acids is 1. The Morgan fingerprint density at radius 3 is 2.54 bits per heavy atom. The minimum atomic E-state index is -1.06. The van der Waals surface area contributed by atoms with Gasteiger partial charge in [-0.1, -0.05) is 23.7 Å². The van der Waals surface area contributed by atoms with Crippen LogP contribution in [0.4, 0.5) is 0 Å². The zero-order valence-electron chi connectivity index (χ0n) is 21.9. The lowest BCUT2D eigenvalue weighted by Crippen LogP contribution is -2.51. The molecular weight excluding hydrogens is 518 g/mol. The number of aliphatic hydroxyl groups is 1. The van der Waals surface area contributed by atoms with Gasteiger partial charge in [0.2, 0.25) is 5.91 Å². The Morgan fingerprint density at radius 1 is 1.15 bits per heavy atom. The van der Waals surface area contributed by atoms with Crippen molar-refractivity contribution in [1.29, 1.82) is 0 Å². The molecule has 4 aliphatic rings. The summed E-state index contributed by atoms with van der Waals surface area (Å²) in [6, 6.07) is 9.80. The number of rotatable bonds is 6. The van der Waals surface area contributed by atoms with Crippen molar-refractivity contribution in [3.8, 4) is 5.69 Å². The van der Waals surface area contributed by atoms with E-state index >= 15 is 0 Å². The Balaban J connectivity index is 1.08. The van der Waals surface area contributed by atoms with E-state index in [0.29, 0.717) is 54.6 Å². The number of nitrogens with zero attached hydrogens (tertiary/aromatic N) is 4. The molecule has 2 saturated carbocycles. The predicted octanol–water partition coefficient (Wildman–Crippen LogP) is 3.05. The molecule has 0 unspecified atom stereocenters. The second-order valence-corrected chi connectivity index (χ2v) is 12.2. The molecule has 9 nitrogen and oxygen atoms in total. The summed E-state index contributed by atoms with van der Waals surface area (Å²) < 4.78 is 8.82. The van der Waals surface area contributed by atoms with Crippen LogP contribution in [0.3, 0.4) is 0 Å². The molecule has 2 N–H and O–H groups in total. The molecule has 1 aromatic carbocycles. The van der Waals surface area contributed by atoms with Gasteiger partial charge in [0, 0.05) is 25.3 Å². The average molecular weight is 552 g/mol. The van der Waals surface area contributed by atoms with Crippen molar-refractivity contribution in [2.24, 2.45) is 11.3 Å². The van der Waals surface area contributed by atoms with Gasteiger partial charge in [0.15, 0.2) is 5.65 Å². The molecule has 2 aromatic heterocycles. The fraction of sp³-hybridized carbons (Fsp3) is 0.552. The third kappa shape index (κ3) is 4.49. The number of ether oxygens (including phenoxy) is 1. The molecule has 1 atom stereocenters. The van der Waals surface area contributed by atoms with Crippen molar-refractivity contribution < 1.29 is 14.6 Å². The maximum Gasteiger partial charge on any atom is 0.262 e. The Morgan fingerprint density at radius 2 is 1.90 bits per heavy atom. The second kappa shape index (κ2) is 9.44. The number of hydrogen-bond acceptors (Lipinski definition) is 6. The quantitative estimate of drug-likeness (QED) is 0.488. The van der Waals surface area contributed by atoms with Gasteiger partial charge in [0.25, 0.3) is 5.56 Å². The minimum Gasteiger partial charge on any atom is -0.388 e. The topological polar surface area (TPSA) is 102 Å². The minimum absolute atomic E-state index is 0.102. The van der Waals surface area contributed by atoms with Gasteiger partial charge in [-0.25, -0.2) is 4.98 Å². The predicted molar refractivity (Wildman–Crippen MR) is 147 cm³/mol. The lowest BCUT2D eigenvalue weighted by molar-refractivity contribution is -0.142. The normalized spacial score (nSPS) is 24.2. The first-order valence-corrected chi connectivity index (χ1v) is 14.4. The molecule has 7 rings (SSSR count). The van der Waals surface area contributed by atoms with Crippen molar-refractivity contribution >= 4 is 28.5 Å². The maximum absolute atomic E-state index is 13.4. The number of piperidine rings is 1. The van der Waals surface area contributed by atoms with Crippen LogP contribution in [0, 0.1) is 11.3 Å². The number of nitrogens with one attached hydrogen (secondary N) is 1. The van der Waals surface area contributed by atoms with E-state index in [-0.39, 0.29) is 29.5 Å². The molecule has 2 aliphatic heterocycles. The molecular formula is C29H34ClN5O4. The summed E-state index contributed by atoms with van der Waals surface area (Å²) in [4.78, 5) is 33.1. The monoisotopic (exact) mass is 551 g/mol. The van der Waals surface area contributed by atoms with Gasteiger partial charge < -0.3 is 20.1 Å². The highest BCUT2D eigenvalue weighted by molar-refractivity contribution is 6.31. The number of aromatic nitrogens is 3. The van der Waals surface area contributed by atoms with E-state index in [1.165, 1.54) is 23.7 Å². The largest absolute Gasteiger partial charge is 0.388 e. The molecule has 1 amide bonds. The fourth-order valence-corrected chi connectivity index (χ4v) is 6.85. The number of fused-ring (bicyclic) bond motifs is 1. The van der Waals surface area contributed by atoms with E-state index in [1.54, 1.807) is 10.6 Å². The van der Waals surface area contributed by atoms with Crippen molar-refractivity contribution in [2.45, 2.75) is 56.7 Å². The number of benzene rings is 1. The van der Waals surface area contributed by atoms with Crippen molar-refractivity contribution in [3.63, 3.8) is 0 Å². The van der Waals surface area contributed by atoms with Crippen LogP contribution in [0.15, 0.2) is 41.5 Å². The fourth-order valence-electron chi connectivity index (χ4n) is 6.56. The summed E-state index contributed by atoms with van der Waals surface area (Å²) in [5.74, 6) is 0.849. The first kappa shape index (κ1) is 25.3. The number of morpholine rings is 1. The summed E-state index contributed by atoms with van der Waals surface area (Å²) in [5, 5.41) is 15.6. The second-order valence-electron chi connectivity index (χ2n) is 11.8. The molecule has 4 heterocycles. The van der Waals surface area contributed by atoms with Crippen LogP contribution in [0.2, 0.25) is 5.15 Å². The Kier molecular flexibility index (Phi) is 6.11. The molecule has 0 bridgehead atoms. The Hall–Kier alpha value is -2.72. The van der Waals surface area contributed by atoms with E-state index in [2.05, 4.69) is 10.3 Å². The number of likely N-dealkylation sites (tertiary alicyclic amines) is 1. The molecule has 206 valence electrons. The van der Waals surface area contributed by atoms with Gasteiger partial charge in [0.1, 0.15) is 11.5 Å². The SMILES string of the molecule is O=C(N1CCC(O)(Cn2cnc3c(cc(Cl)n3-c3ccc([C@H]4COCCN4)cc3)c2=O)CC1)C1(C2CC2)CC1. The van der Waals surface area contributed by atoms with Crippen LogP contribution >= 0.6 is 11.6 Å². The van der Waals surface area contributed by atoms with E-state index in [1.807, 2.05) is 29.2 Å². The summed E-state index contributed by atoms with van der Waals surface area (Å²) in [6.07, 6.45) is 6.75. The lowest BCUT2D eigenvalue weighted by atomic mass is 9.89. The highest BCUT2D eigenvalue weighted by Crippen LogP contribution is 2.62. The van der Waals surface area contributed by atoms with Gasteiger partial charge in [-0.15, -0.1) is 0 Å². The molecule has 2 saturated heterocycles. The van der Waals surface area contributed by atoms with Crippen LogP contribution in [0.25, 0.3) is 16.7 Å². The first-order chi connectivity index (χ1) is 18.9. The zero-order valence-corrected chi connectivity index (χ0v) is 22.7. The molecule has 39 heavy (non-hydrogen) atoms. The van der Waals surface area contributed by atoms with Gasteiger partial charge in [-0.05, 0) is 68.2 Å². The highest BCUT2D eigenvalue weighted by atomic mass is 35.5. The third-order valence-corrected chi connectivity index (χ3v) is 9.51. The summed E-state index contributed by atoms with van der Waals surface area (Å²) in [6.45, 7) is 3.36. The summed E-state index contributed by atoms with van der Waals surface area (Å²) in [7, 11) is 0.